The minimum Gasteiger partial charge on any atom is -0.353 e. The molecule has 1 saturated heterocycles. The summed E-state index contributed by atoms with van der Waals surface area (Å²) in [5.74, 6) is 2.08. The molecule has 1 aliphatic rings. The Hall–Kier alpha value is -1.34. The number of aromatic nitrogens is 1. The molecule has 1 unspecified atom stereocenters. The molecule has 0 aliphatic carbocycles. The van der Waals surface area contributed by atoms with Gasteiger partial charge in [0, 0.05) is 17.9 Å². The second-order valence-corrected chi connectivity index (χ2v) is 5.53. The Kier molecular flexibility index (Phi) is 4.03. The van der Waals surface area contributed by atoms with E-state index in [0.29, 0.717) is 18.3 Å². The van der Waals surface area contributed by atoms with Gasteiger partial charge >= 0.3 is 0 Å². The van der Waals surface area contributed by atoms with Crippen LogP contribution < -0.4 is 0 Å². The van der Waals surface area contributed by atoms with Crippen molar-refractivity contribution in [2.45, 2.75) is 12.5 Å². The van der Waals surface area contributed by atoms with Gasteiger partial charge in [-0.05, 0) is 19.2 Å². The molecule has 2 rings (SSSR count). The molecule has 0 radical (unpaired) electrons. The summed E-state index contributed by atoms with van der Waals surface area (Å²) < 4.78 is 0. The van der Waals surface area contributed by atoms with Crippen molar-refractivity contribution in [1.82, 2.24) is 9.88 Å². The molecular formula is C11H15N3O3S. The Labute approximate surface area is 109 Å². The van der Waals surface area contributed by atoms with Crippen LogP contribution in [0.25, 0.3) is 0 Å². The number of carbonyl (C=O) groups excluding carboxylic acids is 1. The molecule has 1 aromatic rings. The van der Waals surface area contributed by atoms with Crippen LogP contribution in [0.3, 0.4) is 0 Å². The maximum absolute atomic E-state index is 11.9. The van der Waals surface area contributed by atoms with Crippen molar-refractivity contribution in [3.8, 4) is 0 Å². The lowest BCUT2D eigenvalue weighted by Gasteiger charge is -2.22. The molecule has 1 fully saturated rings. The number of H-pyrrole nitrogens is 1. The predicted molar refractivity (Wildman–Crippen MR) is 70.1 cm³/mol. The number of Topliss-reactive ketones (excluding diaryl/α,β-unsaturated/α-hetero) is 1. The van der Waals surface area contributed by atoms with E-state index in [0.717, 1.165) is 17.9 Å². The summed E-state index contributed by atoms with van der Waals surface area (Å²) in [6.45, 7) is 0.295. The maximum Gasteiger partial charge on any atom is 0.287 e. The number of nitro groups is 1. The Balaban J connectivity index is 1.95. The van der Waals surface area contributed by atoms with Gasteiger partial charge in [0.1, 0.15) is 0 Å². The molecule has 1 aliphatic heterocycles. The molecule has 18 heavy (non-hydrogen) atoms. The number of hydrogen-bond acceptors (Lipinski definition) is 5. The van der Waals surface area contributed by atoms with Crippen molar-refractivity contribution < 1.29 is 9.72 Å². The summed E-state index contributed by atoms with van der Waals surface area (Å²) >= 11 is 1.89. The number of ketones is 1. The summed E-state index contributed by atoms with van der Waals surface area (Å²) in [5.41, 5.74) is 0.233. The average Bonchev–Trinajstić information content (AvgIpc) is 3.00. The fourth-order valence-electron chi connectivity index (χ4n) is 1.96. The van der Waals surface area contributed by atoms with E-state index in [4.69, 9.17) is 0 Å². The molecule has 98 valence electrons. The molecule has 6 nitrogen and oxygen atoms in total. The van der Waals surface area contributed by atoms with Crippen LogP contribution in [0.2, 0.25) is 0 Å². The summed E-state index contributed by atoms with van der Waals surface area (Å²) in [6.07, 6.45) is 2.35. The minimum absolute atomic E-state index is 0.0718. The molecule has 7 heteroatoms. The fraction of sp³-hybridized carbons (Fsp3) is 0.545. The smallest absolute Gasteiger partial charge is 0.287 e. The van der Waals surface area contributed by atoms with E-state index in [1.165, 1.54) is 12.3 Å². The average molecular weight is 269 g/mol. The zero-order chi connectivity index (χ0) is 13.1. The van der Waals surface area contributed by atoms with E-state index >= 15 is 0 Å². The molecule has 0 amide bonds. The monoisotopic (exact) mass is 269 g/mol. The van der Waals surface area contributed by atoms with Crippen molar-refractivity contribution >= 4 is 23.2 Å². The quantitative estimate of drug-likeness (QED) is 0.498. The predicted octanol–water partition coefficient (Wildman–Crippen LogP) is 1.54. The van der Waals surface area contributed by atoms with Gasteiger partial charge in [0.15, 0.2) is 5.78 Å². The summed E-state index contributed by atoms with van der Waals surface area (Å²) in [7, 11) is 1.92. The van der Waals surface area contributed by atoms with Crippen LogP contribution in [0.1, 0.15) is 16.9 Å². The Bertz CT molecular complexity index is 454. The lowest BCUT2D eigenvalue weighted by molar-refractivity contribution is -0.384. The van der Waals surface area contributed by atoms with Gasteiger partial charge in [-0.25, -0.2) is 0 Å². The SMILES string of the molecule is CN(CC(=O)c1cc([N+](=O)[O-])c[nH]1)C1CCSC1. The highest BCUT2D eigenvalue weighted by Crippen LogP contribution is 2.21. The van der Waals surface area contributed by atoms with Gasteiger partial charge < -0.3 is 4.98 Å². The molecule has 0 saturated carbocycles. The lowest BCUT2D eigenvalue weighted by atomic mass is 10.2. The number of thioether (sulfide) groups is 1. The fourth-order valence-corrected chi connectivity index (χ4v) is 3.26. The number of nitrogens with zero attached hydrogens (tertiary/aromatic N) is 2. The van der Waals surface area contributed by atoms with Crippen molar-refractivity contribution in [2.24, 2.45) is 0 Å². The van der Waals surface area contributed by atoms with Crippen LogP contribution in [-0.2, 0) is 0 Å². The van der Waals surface area contributed by atoms with E-state index < -0.39 is 4.92 Å². The highest BCUT2D eigenvalue weighted by molar-refractivity contribution is 7.99. The molecule has 2 heterocycles. The van der Waals surface area contributed by atoms with Crippen molar-refractivity contribution in [3.63, 3.8) is 0 Å². The Morgan fingerprint density at radius 3 is 3.06 bits per heavy atom. The van der Waals surface area contributed by atoms with Crippen molar-refractivity contribution in [1.29, 1.82) is 0 Å². The Morgan fingerprint density at radius 2 is 2.50 bits per heavy atom. The van der Waals surface area contributed by atoms with E-state index in [2.05, 4.69) is 4.98 Å². The third-order valence-electron chi connectivity index (χ3n) is 3.10. The molecule has 0 spiro atoms. The van der Waals surface area contributed by atoms with Crippen molar-refractivity contribution in [3.05, 3.63) is 28.1 Å². The summed E-state index contributed by atoms with van der Waals surface area (Å²) in [6, 6.07) is 1.73. The van der Waals surface area contributed by atoms with Gasteiger partial charge in [0.25, 0.3) is 5.69 Å². The van der Waals surface area contributed by atoms with Gasteiger partial charge in [-0.15, -0.1) is 0 Å². The maximum atomic E-state index is 11.9. The summed E-state index contributed by atoms with van der Waals surface area (Å²) in [4.78, 5) is 26.6. The van der Waals surface area contributed by atoms with Gasteiger partial charge in [-0.1, -0.05) is 0 Å². The molecular weight excluding hydrogens is 254 g/mol. The third-order valence-corrected chi connectivity index (χ3v) is 4.25. The first-order valence-electron chi connectivity index (χ1n) is 5.72. The largest absolute Gasteiger partial charge is 0.353 e. The van der Waals surface area contributed by atoms with Crippen LogP contribution >= 0.6 is 11.8 Å². The molecule has 0 bridgehead atoms. The third kappa shape index (κ3) is 2.91. The van der Waals surface area contributed by atoms with Crippen molar-refractivity contribution in [2.75, 3.05) is 25.1 Å². The van der Waals surface area contributed by atoms with E-state index in [1.807, 2.05) is 23.7 Å². The number of likely N-dealkylation sites (N-methyl/N-ethyl adjacent to an activating group) is 1. The first-order chi connectivity index (χ1) is 8.58. The highest BCUT2D eigenvalue weighted by Gasteiger charge is 2.23. The first-order valence-corrected chi connectivity index (χ1v) is 6.87. The van der Waals surface area contributed by atoms with Gasteiger partial charge in [-0.2, -0.15) is 11.8 Å². The lowest BCUT2D eigenvalue weighted by Crippen LogP contribution is -2.35. The topological polar surface area (TPSA) is 79.2 Å². The zero-order valence-electron chi connectivity index (χ0n) is 10.1. The van der Waals surface area contributed by atoms with Crippen LogP contribution in [0.5, 0.6) is 0 Å². The Morgan fingerprint density at radius 1 is 1.72 bits per heavy atom. The molecule has 1 N–H and O–H groups in total. The second kappa shape index (κ2) is 5.53. The zero-order valence-corrected chi connectivity index (χ0v) is 10.9. The number of aromatic amines is 1. The second-order valence-electron chi connectivity index (χ2n) is 4.38. The van der Waals surface area contributed by atoms with Crippen LogP contribution in [0.15, 0.2) is 12.3 Å². The summed E-state index contributed by atoms with van der Waals surface area (Å²) in [5, 5.41) is 10.5. The van der Waals surface area contributed by atoms with Crippen LogP contribution in [-0.4, -0.2) is 51.7 Å². The number of rotatable bonds is 5. The van der Waals surface area contributed by atoms with Gasteiger partial charge in [0.05, 0.1) is 23.4 Å². The number of nitrogens with one attached hydrogen (secondary N) is 1. The first kappa shape index (κ1) is 13.1. The number of hydrogen-bond donors (Lipinski definition) is 1. The van der Waals surface area contributed by atoms with Gasteiger partial charge in [0.2, 0.25) is 0 Å². The van der Waals surface area contributed by atoms with E-state index in [1.54, 1.807) is 0 Å². The van der Waals surface area contributed by atoms with Crippen LogP contribution in [0.4, 0.5) is 5.69 Å². The van der Waals surface area contributed by atoms with E-state index in [-0.39, 0.29) is 11.5 Å². The standard InChI is InChI=1S/C11H15N3O3S/c1-13(8-2-3-18-7-8)6-11(15)10-4-9(5-12-10)14(16)17/h4-5,8,12H,2-3,6-7H2,1H3. The van der Waals surface area contributed by atoms with E-state index in [9.17, 15) is 14.9 Å². The molecule has 1 atom stereocenters. The molecule has 0 aromatic carbocycles. The highest BCUT2D eigenvalue weighted by atomic mass is 32.2. The molecule has 1 aromatic heterocycles. The number of carbonyl (C=O) groups is 1. The normalized spacial score (nSPS) is 19.3. The minimum atomic E-state index is -0.509. The van der Waals surface area contributed by atoms with Crippen LogP contribution in [0, 0.1) is 10.1 Å². The van der Waals surface area contributed by atoms with Gasteiger partial charge in [-0.3, -0.25) is 19.8 Å².